The zero-order valence-corrected chi connectivity index (χ0v) is 14.2. The molecule has 24 heavy (non-hydrogen) atoms. The number of allylic oxidation sites excluding steroid dienone is 1. The third-order valence-electron chi connectivity index (χ3n) is 3.27. The van der Waals surface area contributed by atoms with Crippen molar-refractivity contribution in [1.82, 2.24) is 5.32 Å². The molecule has 6 heteroatoms. The maximum atomic E-state index is 12.0. The van der Waals surface area contributed by atoms with Crippen molar-refractivity contribution >= 4 is 17.5 Å². The van der Waals surface area contributed by atoms with Crippen LogP contribution in [0, 0.1) is 17.2 Å². The molecule has 1 aliphatic rings. The van der Waals surface area contributed by atoms with Crippen LogP contribution < -0.4 is 11.1 Å². The van der Waals surface area contributed by atoms with Crippen LogP contribution in [-0.4, -0.2) is 17.4 Å². The molecule has 6 nitrogen and oxygen atoms in total. The molecule has 1 aliphatic carbocycles. The highest BCUT2D eigenvalue weighted by Gasteiger charge is 2.31. The van der Waals surface area contributed by atoms with Crippen molar-refractivity contribution in [3.63, 3.8) is 0 Å². The van der Waals surface area contributed by atoms with E-state index in [-0.39, 0.29) is 5.92 Å². The van der Waals surface area contributed by atoms with Crippen molar-refractivity contribution in [3.05, 3.63) is 41.7 Å². The number of rotatable bonds is 4. The van der Waals surface area contributed by atoms with Gasteiger partial charge in [-0.3, -0.25) is 10.3 Å². The van der Waals surface area contributed by atoms with Gasteiger partial charge in [0.2, 0.25) is 0 Å². The van der Waals surface area contributed by atoms with Gasteiger partial charge < -0.3 is 10.5 Å². The first kappa shape index (κ1) is 17.5. The maximum Gasteiger partial charge on any atom is 0.412 e. The van der Waals surface area contributed by atoms with E-state index in [9.17, 15) is 4.79 Å². The highest BCUT2D eigenvalue weighted by molar-refractivity contribution is 6.06. The molecule has 0 radical (unpaired) electrons. The molecular weight excluding hydrogens is 304 g/mol. The molecule has 0 heterocycles. The van der Waals surface area contributed by atoms with Crippen molar-refractivity contribution in [1.29, 1.82) is 5.26 Å². The summed E-state index contributed by atoms with van der Waals surface area (Å²) in [7, 11) is 0. The van der Waals surface area contributed by atoms with Gasteiger partial charge in [0.25, 0.3) is 0 Å². The lowest BCUT2D eigenvalue weighted by Gasteiger charge is -2.20. The van der Waals surface area contributed by atoms with E-state index in [1.165, 1.54) is 6.20 Å². The lowest BCUT2D eigenvalue weighted by Crippen LogP contribution is -2.35. The molecule has 1 fully saturated rings. The summed E-state index contributed by atoms with van der Waals surface area (Å²) in [5.41, 5.74) is 7.43. The molecule has 0 bridgehead atoms. The molecule has 0 aromatic heterocycles. The van der Waals surface area contributed by atoms with Crippen LogP contribution in [0.4, 0.5) is 10.5 Å². The van der Waals surface area contributed by atoms with E-state index < -0.39 is 11.7 Å². The Bertz CT molecular complexity index is 719. The van der Waals surface area contributed by atoms with Crippen molar-refractivity contribution in [3.8, 4) is 6.07 Å². The number of amides is 1. The van der Waals surface area contributed by atoms with Gasteiger partial charge in [0.1, 0.15) is 5.60 Å². The third kappa shape index (κ3) is 5.13. The molecule has 126 valence electrons. The van der Waals surface area contributed by atoms with E-state index in [2.05, 4.69) is 16.4 Å². The summed E-state index contributed by atoms with van der Waals surface area (Å²) in [6, 6.07) is 9.09. The molecule has 1 saturated carbocycles. The van der Waals surface area contributed by atoms with Crippen molar-refractivity contribution in [2.75, 3.05) is 0 Å². The van der Waals surface area contributed by atoms with Crippen molar-refractivity contribution < 1.29 is 9.53 Å². The van der Waals surface area contributed by atoms with Gasteiger partial charge in [-0.05, 0) is 51.8 Å². The van der Waals surface area contributed by atoms with Gasteiger partial charge in [0.05, 0.1) is 28.7 Å². The zero-order chi connectivity index (χ0) is 17.7. The number of nitrogens with zero attached hydrogens (tertiary/aromatic N) is 2. The van der Waals surface area contributed by atoms with Crippen molar-refractivity contribution in [2.45, 2.75) is 39.2 Å². The van der Waals surface area contributed by atoms with Crippen LogP contribution in [0.3, 0.4) is 0 Å². The summed E-state index contributed by atoms with van der Waals surface area (Å²) < 4.78 is 5.26. The molecule has 0 unspecified atom stereocenters. The van der Waals surface area contributed by atoms with E-state index in [0.29, 0.717) is 22.7 Å². The lowest BCUT2D eigenvalue weighted by molar-refractivity contribution is 0.0548. The number of hydrogen-bond acceptors (Lipinski definition) is 5. The van der Waals surface area contributed by atoms with Crippen LogP contribution >= 0.6 is 0 Å². The number of nitrogens with two attached hydrogens (primary N) is 1. The smallest absolute Gasteiger partial charge is 0.412 e. The molecule has 0 aliphatic heterocycles. The van der Waals surface area contributed by atoms with Crippen LogP contribution in [0.2, 0.25) is 0 Å². The minimum atomic E-state index is -0.595. The van der Waals surface area contributed by atoms with Crippen molar-refractivity contribution in [2.24, 2.45) is 16.6 Å². The van der Waals surface area contributed by atoms with E-state index >= 15 is 0 Å². The Kier molecular flexibility index (Phi) is 5.24. The van der Waals surface area contributed by atoms with Crippen LogP contribution in [0.1, 0.15) is 39.2 Å². The average Bonchev–Trinajstić information content (AvgIpc) is 3.33. The Balaban J connectivity index is 2.23. The summed E-state index contributed by atoms with van der Waals surface area (Å²) in [5.74, 6) is 0.250. The second-order valence-corrected chi connectivity index (χ2v) is 6.64. The number of ether oxygens (including phenoxy) is 1. The van der Waals surface area contributed by atoms with Gasteiger partial charge in [-0.25, -0.2) is 4.79 Å². The normalized spacial score (nSPS) is 15.6. The maximum absolute atomic E-state index is 12.0. The monoisotopic (exact) mass is 326 g/mol. The molecule has 0 atom stereocenters. The number of benzene rings is 1. The fourth-order valence-electron chi connectivity index (χ4n) is 2.12. The average molecular weight is 326 g/mol. The minimum absolute atomic E-state index is 0.250. The van der Waals surface area contributed by atoms with E-state index in [1.807, 2.05) is 6.07 Å². The predicted molar refractivity (Wildman–Crippen MR) is 92.6 cm³/mol. The van der Waals surface area contributed by atoms with Crippen LogP contribution in [0.15, 0.2) is 41.2 Å². The highest BCUT2D eigenvalue weighted by atomic mass is 16.6. The van der Waals surface area contributed by atoms with Gasteiger partial charge >= 0.3 is 6.09 Å². The molecule has 1 aromatic carbocycles. The Morgan fingerprint density at radius 2 is 2.17 bits per heavy atom. The van der Waals surface area contributed by atoms with Crippen LogP contribution in [-0.2, 0) is 4.74 Å². The van der Waals surface area contributed by atoms with Gasteiger partial charge in [0, 0.05) is 12.1 Å². The fourth-order valence-corrected chi connectivity index (χ4v) is 2.12. The van der Waals surface area contributed by atoms with Crippen LogP contribution in [0.5, 0.6) is 0 Å². The number of hydrogen-bond donors (Lipinski definition) is 2. The summed E-state index contributed by atoms with van der Waals surface area (Å²) in [4.78, 5) is 16.6. The first-order chi connectivity index (χ1) is 11.3. The quantitative estimate of drug-likeness (QED) is 0.828. The third-order valence-corrected chi connectivity index (χ3v) is 3.27. The van der Waals surface area contributed by atoms with Gasteiger partial charge in [-0.1, -0.05) is 6.07 Å². The number of carbonyl (C=O) groups is 1. The standard InChI is InChI=1S/C18H22N4O2/c1-18(2,3)24-17(23)22-15(11-20)16(13-7-8-13)21-14-6-4-5-12(9-14)10-19/h4-6,9,11,13H,7-8,20H2,1-3H3,(H,22,23)/b15-11+,21-16?. The molecule has 1 amide bonds. The molecule has 3 N–H and O–H groups in total. The summed E-state index contributed by atoms with van der Waals surface area (Å²) in [6.45, 7) is 5.38. The van der Waals surface area contributed by atoms with E-state index in [0.717, 1.165) is 12.8 Å². The highest BCUT2D eigenvalue weighted by Crippen LogP contribution is 2.34. The predicted octanol–water partition coefficient (Wildman–Crippen LogP) is 3.37. The molecule has 2 rings (SSSR count). The fraction of sp³-hybridized carbons (Fsp3) is 0.389. The first-order valence-electron chi connectivity index (χ1n) is 7.83. The Hall–Kier alpha value is -2.81. The number of aliphatic imine (C=N–C) groups is 1. The second kappa shape index (κ2) is 7.18. The Morgan fingerprint density at radius 1 is 1.46 bits per heavy atom. The van der Waals surface area contributed by atoms with Gasteiger partial charge in [-0.15, -0.1) is 0 Å². The topological polar surface area (TPSA) is 100 Å². The largest absolute Gasteiger partial charge is 0.444 e. The molecule has 1 aromatic rings. The van der Waals surface area contributed by atoms with E-state index in [4.69, 9.17) is 15.7 Å². The second-order valence-electron chi connectivity index (χ2n) is 6.64. The van der Waals surface area contributed by atoms with Gasteiger partial charge in [0.15, 0.2) is 0 Å². The minimum Gasteiger partial charge on any atom is -0.444 e. The summed E-state index contributed by atoms with van der Waals surface area (Å²) >= 11 is 0. The molecular formula is C18H22N4O2. The number of nitrogens with one attached hydrogen (secondary N) is 1. The lowest BCUT2D eigenvalue weighted by atomic mass is 10.1. The first-order valence-corrected chi connectivity index (χ1v) is 7.83. The zero-order valence-electron chi connectivity index (χ0n) is 14.2. The van der Waals surface area contributed by atoms with Crippen LogP contribution in [0.25, 0.3) is 0 Å². The van der Waals surface area contributed by atoms with E-state index in [1.54, 1.807) is 39.0 Å². The Morgan fingerprint density at radius 3 is 2.71 bits per heavy atom. The molecule has 0 spiro atoms. The van der Waals surface area contributed by atoms with Gasteiger partial charge in [-0.2, -0.15) is 5.26 Å². The summed E-state index contributed by atoms with van der Waals surface area (Å²) in [5, 5.41) is 11.7. The number of nitriles is 1. The number of carbonyl (C=O) groups excluding carboxylic acids is 1. The molecule has 0 saturated heterocycles. The number of alkyl carbamates (subject to hydrolysis) is 1. The SMILES string of the molecule is CC(C)(C)OC(=O)N/C(=C/N)C(=Nc1cccc(C#N)c1)C1CC1. The summed E-state index contributed by atoms with van der Waals surface area (Å²) in [6.07, 6.45) is 2.74. The Labute approximate surface area is 142 Å².